The fourth-order valence-corrected chi connectivity index (χ4v) is 5.17. The zero-order valence-corrected chi connectivity index (χ0v) is 19.7. The number of carbonyl (C=O) groups is 2. The van der Waals surface area contributed by atoms with Gasteiger partial charge in [-0.15, -0.1) is 0 Å². The van der Waals surface area contributed by atoms with Crippen LogP contribution in [0.1, 0.15) is 18.9 Å². The number of hydrogen-bond acceptors (Lipinski definition) is 7. The molecule has 9 nitrogen and oxygen atoms in total. The van der Waals surface area contributed by atoms with Gasteiger partial charge in [-0.1, -0.05) is 37.0 Å². The fraction of sp³-hybridized carbons (Fsp3) is 0.333. The van der Waals surface area contributed by atoms with Gasteiger partial charge in [-0.3, -0.25) is 9.59 Å². The lowest BCUT2D eigenvalue weighted by Gasteiger charge is -2.29. The smallest absolute Gasteiger partial charge is 0.326 e. The number of hydrogen-bond donors (Lipinski definition) is 1. The van der Waals surface area contributed by atoms with Crippen molar-refractivity contribution in [1.29, 1.82) is 0 Å². The number of benzene rings is 2. The molecule has 1 atom stereocenters. The second-order valence-electron chi connectivity index (χ2n) is 7.35. The van der Waals surface area contributed by atoms with Crippen LogP contribution in [0, 0.1) is 11.8 Å². The number of nitrogens with zero attached hydrogens (tertiary/aromatic N) is 2. The number of rotatable bonds is 6. The van der Waals surface area contributed by atoms with Crippen LogP contribution in [-0.4, -0.2) is 62.6 Å². The summed E-state index contributed by atoms with van der Waals surface area (Å²) in [5, 5.41) is 8.68. The van der Waals surface area contributed by atoms with E-state index in [0.29, 0.717) is 17.0 Å². The Balaban J connectivity index is 1.99. The molecule has 0 radical (unpaired) electrons. The lowest BCUT2D eigenvalue weighted by atomic mass is 10.1. The van der Waals surface area contributed by atoms with Crippen LogP contribution in [0.4, 0.5) is 5.69 Å². The molecule has 0 spiro atoms. The zero-order valence-electron chi connectivity index (χ0n) is 18.9. The Hall–Kier alpha value is -3.39. The number of carbonyl (C=O) groups excluding carboxylic acids is 2. The lowest BCUT2D eigenvalue weighted by molar-refractivity contribution is -0.145. The van der Waals surface area contributed by atoms with Crippen molar-refractivity contribution in [1.82, 2.24) is 4.31 Å². The molecule has 2 aromatic carbocycles. The molecule has 10 heteroatoms. The third-order valence-electron chi connectivity index (χ3n) is 5.33. The second kappa shape index (κ2) is 11.2. The van der Waals surface area contributed by atoms with Crippen molar-refractivity contribution < 1.29 is 32.6 Å². The molecule has 1 amide bonds. The highest BCUT2D eigenvalue weighted by Gasteiger charge is 2.41. The van der Waals surface area contributed by atoms with Gasteiger partial charge in [0.25, 0.3) is 0 Å². The van der Waals surface area contributed by atoms with Gasteiger partial charge in [-0.2, -0.15) is 4.31 Å². The van der Waals surface area contributed by atoms with Crippen molar-refractivity contribution in [3.05, 3.63) is 54.1 Å². The van der Waals surface area contributed by atoms with E-state index in [1.165, 1.54) is 36.3 Å². The molecule has 1 heterocycles. The summed E-state index contributed by atoms with van der Waals surface area (Å²) in [5.74, 6) is 4.47. The van der Waals surface area contributed by atoms with Crippen LogP contribution in [0.3, 0.4) is 0 Å². The number of sulfonamides is 1. The third kappa shape index (κ3) is 5.39. The van der Waals surface area contributed by atoms with E-state index in [-0.39, 0.29) is 43.5 Å². The van der Waals surface area contributed by atoms with Crippen LogP contribution in [0.2, 0.25) is 0 Å². The monoisotopic (exact) mass is 486 g/mol. The molecule has 0 bridgehead atoms. The number of aliphatic hydroxyl groups excluding tert-OH is 1. The van der Waals surface area contributed by atoms with E-state index in [4.69, 9.17) is 14.6 Å². The first-order chi connectivity index (χ1) is 16.3. The lowest BCUT2D eigenvalue weighted by Crippen LogP contribution is -2.50. The van der Waals surface area contributed by atoms with Gasteiger partial charge in [-0.05, 0) is 35.9 Å². The zero-order chi connectivity index (χ0) is 24.7. The van der Waals surface area contributed by atoms with E-state index in [2.05, 4.69) is 11.8 Å². The molecule has 0 saturated heterocycles. The van der Waals surface area contributed by atoms with Crippen LogP contribution >= 0.6 is 0 Å². The summed E-state index contributed by atoms with van der Waals surface area (Å²) < 4.78 is 38.7. The summed E-state index contributed by atoms with van der Waals surface area (Å²) >= 11 is 0. The minimum Gasteiger partial charge on any atom is -0.481 e. The second-order valence-corrected chi connectivity index (χ2v) is 9.24. The van der Waals surface area contributed by atoms with Gasteiger partial charge in [0.1, 0.15) is 25.0 Å². The molecular formula is C24H26N2O7S. The van der Waals surface area contributed by atoms with Crippen LogP contribution in [0.25, 0.3) is 0 Å². The highest BCUT2D eigenvalue weighted by Crippen LogP contribution is 2.32. The topological polar surface area (TPSA) is 113 Å². The van der Waals surface area contributed by atoms with E-state index in [9.17, 15) is 18.0 Å². The summed E-state index contributed by atoms with van der Waals surface area (Å²) in [6.45, 7) is 1.20. The van der Waals surface area contributed by atoms with E-state index in [1.54, 1.807) is 31.2 Å². The van der Waals surface area contributed by atoms with Crippen LogP contribution in [-0.2, 0) is 30.9 Å². The number of amides is 1. The Kier molecular flexibility index (Phi) is 8.28. The number of ether oxygens (including phenoxy) is 2. The first kappa shape index (κ1) is 25.2. The summed E-state index contributed by atoms with van der Waals surface area (Å²) in [7, 11) is -2.97. The van der Waals surface area contributed by atoms with Gasteiger partial charge < -0.3 is 19.5 Å². The number of para-hydroxylation sites is 1. The van der Waals surface area contributed by atoms with Gasteiger partial charge in [0.15, 0.2) is 0 Å². The molecule has 180 valence electrons. The van der Waals surface area contributed by atoms with E-state index in [0.717, 1.165) is 4.31 Å². The predicted octanol–water partition coefficient (Wildman–Crippen LogP) is 1.55. The van der Waals surface area contributed by atoms with Crippen LogP contribution < -0.4 is 9.64 Å². The summed E-state index contributed by atoms with van der Waals surface area (Å²) in [4.78, 5) is 26.8. The average molecular weight is 487 g/mol. The number of aliphatic hydroxyl groups is 1. The SMILES string of the molecule is CCC(=O)N1CC(C(=O)OC)N(S(=O)(=O)c2ccc(OCC#CCO)cc2)Cc2ccccc21. The van der Waals surface area contributed by atoms with Crippen molar-refractivity contribution in [3.8, 4) is 17.6 Å². The van der Waals surface area contributed by atoms with Crippen molar-refractivity contribution >= 4 is 27.6 Å². The van der Waals surface area contributed by atoms with Crippen molar-refractivity contribution in [2.45, 2.75) is 30.8 Å². The molecule has 2 aromatic rings. The predicted molar refractivity (Wildman–Crippen MR) is 124 cm³/mol. The highest BCUT2D eigenvalue weighted by atomic mass is 32.2. The molecule has 0 aromatic heterocycles. The van der Waals surface area contributed by atoms with Crippen molar-refractivity contribution in [2.24, 2.45) is 0 Å². The highest BCUT2D eigenvalue weighted by molar-refractivity contribution is 7.89. The van der Waals surface area contributed by atoms with Crippen LogP contribution in [0.15, 0.2) is 53.4 Å². The molecule has 0 saturated carbocycles. The molecule has 0 fully saturated rings. The largest absolute Gasteiger partial charge is 0.481 e. The molecular weight excluding hydrogens is 460 g/mol. The van der Waals surface area contributed by atoms with Gasteiger partial charge in [0.05, 0.1) is 18.6 Å². The van der Waals surface area contributed by atoms with Gasteiger partial charge in [0, 0.05) is 18.7 Å². The molecule has 34 heavy (non-hydrogen) atoms. The van der Waals surface area contributed by atoms with Crippen LogP contribution in [0.5, 0.6) is 5.75 Å². The number of anilines is 1. The molecule has 3 rings (SSSR count). The quantitative estimate of drug-likeness (QED) is 0.487. The van der Waals surface area contributed by atoms with Gasteiger partial charge >= 0.3 is 5.97 Å². The maximum absolute atomic E-state index is 13.7. The normalized spacial score (nSPS) is 16.0. The number of fused-ring (bicyclic) bond motifs is 1. The standard InChI is InChI=1S/C24H26N2O7S/c1-3-23(28)25-17-22(24(29)32-2)26(16-18-8-4-5-9-21(18)25)34(30,31)20-12-10-19(11-13-20)33-15-7-6-14-27/h4-5,8-13,22,27H,3,14-17H2,1-2H3. The van der Waals surface area contributed by atoms with Gasteiger partial charge in [0.2, 0.25) is 15.9 Å². The van der Waals surface area contributed by atoms with E-state index < -0.39 is 22.0 Å². The number of esters is 1. The molecule has 1 N–H and O–H groups in total. The molecule has 0 aliphatic carbocycles. The minimum atomic E-state index is -4.16. The maximum atomic E-state index is 13.7. The Bertz CT molecular complexity index is 1200. The van der Waals surface area contributed by atoms with Crippen molar-refractivity contribution in [3.63, 3.8) is 0 Å². The molecule has 1 aliphatic rings. The fourth-order valence-electron chi connectivity index (χ4n) is 3.63. The maximum Gasteiger partial charge on any atom is 0.326 e. The number of methoxy groups -OCH3 is 1. The van der Waals surface area contributed by atoms with E-state index >= 15 is 0 Å². The third-order valence-corrected chi connectivity index (χ3v) is 7.20. The summed E-state index contributed by atoms with van der Waals surface area (Å²) in [6, 6.07) is 11.5. The van der Waals surface area contributed by atoms with Gasteiger partial charge in [-0.25, -0.2) is 8.42 Å². The molecule has 1 unspecified atom stereocenters. The first-order valence-corrected chi connectivity index (χ1v) is 12.0. The van der Waals surface area contributed by atoms with Crippen molar-refractivity contribution in [2.75, 3.05) is 31.8 Å². The molecule has 1 aliphatic heterocycles. The summed E-state index contributed by atoms with van der Waals surface area (Å²) in [6.07, 6.45) is 0.194. The summed E-state index contributed by atoms with van der Waals surface area (Å²) in [5.41, 5.74) is 1.16. The first-order valence-electron chi connectivity index (χ1n) is 10.6. The Morgan fingerprint density at radius 3 is 2.47 bits per heavy atom. The minimum absolute atomic E-state index is 0.0389. The Morgan fingerprint density at radius 2 is 1.82 bits per heavy atom. The Labute approximate surface area is 198 Å². The Morgan fingerprint density at radius 1 is 1.12 bits per heavy atom. The average Bonchev–Trinajstić information content (AvgIpc) is 3.04. The van der Waals surface area contributed by atoms with E-state index in [1.807, 2.05) is 0 Å².